The van der Waals surface area contributed by atoms with Gasteiger partial charge in [0, 0.05) is 24.0 Å². The summed E-state index contributed by atoms with van der Waals surface area (Å²) >= 11 is 0. The fraction of sp³-hybridized carbons (Fsp3) is 0.100. The molecule has 28 heavy (non-hydrogen) atoms. The molecule has 7 nitrogen and oxygen atoms in total. The molecule has 2 aromatic carbocycles. The van der Waals surface area contributed by atoms with Gasteiger partial charge in [-0.1, -0.05) is 0 Å². The molecule has 0 unspecified atom stereocenters. The van der Waals surface area contributed by atoms with Crippen molar-refractivity contribution in [2.75, 3.05) is 10.0 Å². The number of amides is 1. The zero-order valence-electron chi connectivity index (χ0n) is 14.8. The number of pyridine rings is 1. The Morgan fingerprint density at radius 3 is 2.57 bits per heavy atom. The molecule has 1 aromatic heterocycles. The second kappa shape index (κ2) is 7.32. The van der Waals surface area contributed by atoms with Gasteiger partial charge in [0.1, 0.15) is 11.5 Å². The van der Waals surface area contributed by atoms with Gasteiger partial charge in [0.15, 0.2) is 0 Å². The van der Waals surface area contributed by atoms with E-state index in [1.165, 1.54) is 6.07 Å². The predicted octanol–water partition coefficient (Wildman–Crippen LogP) is 3.56. The quantitative estimate of drug-likeness (QED) is 0.688. The molecule has 2 heterocycles. The van der Waals surface area contributed by atoms with Crippen LogP contribution in [0.5, 0.6) is 11.5 Å². The number of nitrogens with zero attached hydrogens (tertiary/aromatic N) is 1. The number of carbonyl (C=O) groups excluding carboxylic acids is 1. The molecule has 0 bridgehead atoms. The zero-order chi connectivity index (χ0) is 19.6. The Kier molecular flexibility index (Phi) is 4.70. The lowest BCUT2D eigenvalue weighted by molar-refractivity contribution is -0.116. The van der Waals surface area contributed by atoms with Crippen LogP contribution in [0.2, 0.25) is 0 Å². The van der Waals surface area contributed by atoms with Crippen LogP contribution in [0.4, 0.5) is 11.4 Å². The normalized spacial score (nSPS) is 13.4. The van der Waals surface area contributed by atoms with Crippen molar-refractivity contribution in [2.45, 2.75) is 17.7 Å². The second-order valence-electron chi connectivity index (χ2n) is 6.29. The van der Waals surface area contributed by atoms with E-state index in [4.69, 9.17) is 4.74 Å². The summed E-state index contributed by atoms with van der Waals surface area (Å²) in [6, 6.07) is 14.8. The molecule has 142 valence electrons. The van der Waals surface area contributed by atoms with Crippen molar-refractivity contribution < 1.29 is 17.9 Å². The summed E-state index contributed by atoms with van der Waals surface area (Å²) in [7, 11) is -3.75. The van der Waals surface area contributed by atoms with Crippen LogP contribution >= 0.6 is 0 Å². The topological polar surface area (TPSA) is 97.4 Å². The van der Waals surface area contributed by atoms with Crippen LogP contribution in [0.15, 0.2) is 71.9 Å². The van der Waals surface area contributed by atoms with E-state index in [-0.39, 0.29) is 10.8 Å². The predicted molar refractivity (Wildman–Crippen MR) is 105 cm³/mol. The summed E-state index contributed by atoms with van der Waals surface area (Å²) in [6.07, 6.45) is 4.11. The molecule has 0 spiro atoms. The minimum Gasteiger partial charge on any atom is -0.456 e. The molecule has 1 aliphatic rings. The summed E-state index contributed by atoms with van der Waals surface area (Å²) in [6.45, 7) is 0. The third kappa shape index (κ3) is 3.96. The SMILES string of the molecule is O=C1CCc2cc(S(=O)(=O)Nc3ccc(Oc4cccnc4)cc3)ccc2N1. The van der Waals surface area contributed by atoms with Gasteiger partial charge in [-0.2, -0.15) is 0 Å². The first kappa shape index (κ1) is 18.0. The van der Waals surface area contributed by atoms with E-state index >= 15 is 0 Å². The maximum Gasteiger partial charge on any atom is 0.261 e. The lowest BCUT2D eigenvalue weighted by Crippen LogP contribution is -2.20. The molecule has 0 atom stereocenters. The fourth-order valence-corrected chi connectivity index (χ4v) is 3.98. The number of ether oxygens (including phenoxy) is 1. The van der Waals surface area contributed by atoms with Crippen molar-refractivity contribution in [1.29, 1.82) is 0 Å². The Balaban J connectivity index is 1.49. The maximum atomic E-state index is 12.7. The number of carbonyl (C=O) groups is 1. The van der Waals surface area contributed by atoms with Crippen molar-refractivity contribution >= 4 is 27.3 Å². The minimum atomic E-state index is -3.75. The number of hydrogen-bond donors (Lipinski definition) is 2. The highest BCUT2D eigenvalue weighted by Gasteiger charge is 2.20. The highest BCUT2D eigenvalue weighted by atomic mass is 32.2. The molecule has 0 fully saturated rings. The minimum absolute atomic E-state index is 0.0603. The average molecular weight is 395 g/mol. The van der Waals surface area contributed by atoms with E-state index in [0.717, 1.165) is 5.56 Å². The number of nitrogens with one attached hydrogen (secondary N) is 2. The fourth-order valence-electron chi connectivity index (χ4n) is 2.88. The van der Waals surface area contributed by atoms with Crippen LogP contribution in [-0.4, -0.2) is 19.3 Å². The van der Waals surface area contributed by atoms with Crippen molar-refractivity contribution in [1.82, 2.24) is 4.98 Å². The number of aryl methyl sites for hydroxylation is 1. The van der Waals surface area contributed by atoms with Crippen LogP contribution in [-0.2, 0) is 21.2 Å². The van der Waals surface area contributed by atoms with Crippen molar-refractivity contribution in [3.8, 4) is 11.5 Å². The summed E-state index contributed by atoms with van der Waals surface area (Å²) < 4.78 is 33.6. The van der Waals surface area contributed by atoms with Gasteiger partial charge in [0.2, 0.25) is 5.91 Å². The van der Waals surface area contributed by atoms with Gasteiger partial charge >= 0.3 is 0 Å². The summed E-state index contributed by atoms with van der Waals surface area (Å²) in [5.74, 6) is 1.10. The highest BCUT2D eigenvalue weighted by Crippen LogP contribution is 2.27. The van der Waals surface area contributed by atoms with Crippen LogP contribution in [0.1, 0.15) is 12.0 Å². The zero-order valence-corrected chi connectivity index (χ0v) is 15.6. The largest absolute Gasteiger partial charge is 0.456 e. The molecule has 0 saturated carbocycles. The van der Waals surface area contributed by atoms with Gasteiger partial charge in [-0.3, -0.25) is 14.5 Å². The van der Waals surface area contributed by atoms with Crippen molar-refractivity contribution in [3.05, 3.63) is 72.6 Å². The van der Waals surface area contributed by atoms with Gasteiger partial charge in [-0.15, -0.1) is 0 Å². The third-order valence-electron chi connectivity index (χ3n) is 4.26. The number of rotatable bonds is 5. The van der Waals surface area contributed by atoms with E-state index in [1.807, 2.05) is 0 Å². The summed E-state index contributed by atoms with van der Waals surface area (Å²) in [5.41, 5.74) is 1.89. The smallest absolute Gasteiger partial charge is 0.261 e. The first-order valence-corrected chi connectivity index (χ1v) is 10.1. The van der Waals surface area contributed by atoms with Crippen LogP contribution in [0.25, 0.3) is 0 Å². The number of fused-ring (bicyclic) bond motifs is 1. The summed E-state index contributed by atoms with van der Waals surface area (Å²) in [5, 5.41) is 2.74. The van der Waals surface area contributed by atoms with Gasteiger partial charge in [0.25, 0.3) is 10.0 Å². The lowest BCUT2D eigenvalue weighted by atomic mass is 10.0. The number of aromatic nitrogens is 1. The second-order valence-corrected chi connectivity index (χ2v) is 7.97. The third-order valence-corrected chi connectivity index (χ3v) is 5.64. The van der Waals surface area contributed by atoms with Crippen LogP contribution in [0, 0.1) is 0 Å². The Bertz CT molecular complexity index is 1110. The van der Waals surface area contributed by atoms with Gasteiger partial charge in [0.05, 0.1) is 11.1 Å². The van der Waals surface area contributed by atoms with Crippen LogP contribution < -0.4 is 14.8 Å². The molecule has 3 aromatic rings. The van der Waals surface area contributed by atoms with Gasteiger partial charge < -0.3 is 10.1 Å². The summed E-state index contributed by atoms with van der Waals surface area (Å²) in [4.78, 5) is 15.6. The molecule has 1 aliphatic heterocycles. The first-order valence-electron chi connectivity index (χ1n) is 8.63. The van der Waals surface area contributed by atoms with E-state index in [2.05, 4.69) is 15.0 Å². The van der Waals surface area contributed by atoms with E-state index in [9.17, 15) is 13.2 Å². The van der Waals surface area contributed by atoms with Crippen molar-refractivity contribution in [2.24, 2.45) is 0 Å². The number of benzene rings is 2. The number of hydrogen-bond acceptors (Lipinski definition) is 5. The highest BCUT2D eigenvalue weighted by molar-refractivity contribution is 7.92. The van der Waals surface area contributed by atoms with E-state index in [0.29, 0.717) is 35.7 Å². The Labute approximate surface area is 162 Å². The monoisotopic (exact) mass is 395 g/mol. The Hall–Kier alpha value is -3.39. The maximum absolute atomic E-state index is 12.7. The standard InChI is InChI=1S/C20H17N3O4S/c24-20-10-3-14-12-18(8-9-19(14)22-20)28(25,26)23-15-4-6-16(7-5-15)27-17-2-1-11-21-13-17/h1-2,4-9,11-13,23H,3,10H2,(H,22,24). The Morgan fingerprint density at radius 2 is 1.82 bits per heavy atom. The molecule has 0 saturated heterocycles. The van der Waals surface area contributed by atoms with Gasteiger partial charge in [-0.05, 0) is 66.6 Å². The molecule has 4 rings (SSSR count). The van der Waals surface area contributed by atoms with E-state index in [1.54, 1.807) is 60.9 Å². The Morgan fingerprint density at radius 1 is 1.00 bits per heavy atom. The molecule has 0 aliphatic carbocycles. The average Bonchev–Trinajstić information content (AvgIpc) is 2.69. The number of sulfonamides is 1. The van der Waals surface area contributed by atoms with E-state index < -0.39 is 10.0 Å². The molecule has 0 radical (unpaired) electrons. The lowest BCUT2D eigenvalue weighted by Gasteiger charge is -2.18. The van der Waals surface area contributed by atoms with Crippen molar-refractivity contribution in [3.63, 3.8) is 0 Å². The molecular formula is C20H17N3O4S. The first-order chi connectivity index (χ1) is 13.5. The molecular weight excluding hydrogens is 378 g/mol. The molecule has 1 amide bonds. The van der Waals surface area contributed by atoms with Gasteiger partial charge in [-0.25, -0.2) is 8.42 Å². The molecule has 8 heteroatoms. The number of anilines is 2. The van der Waals surface area contributed by atoms with Crippen LogP contribution in [0.3, 0.4) is 0 Å². The molecule has 2 N–H and O–H groups in total.